The van der Waals surface area contributed by atoms with E-state index in [1.165, 1.54) is 0 Å². The zero-order valence-corrected chi connectivity index (χ0v) is 8.89. The second-order valence-electron chi connectivity index (χ2n) is 2.99. The molecule has 0 radical (unpaired) electrons. The minimum Gasteiger partial charge on any atom is -0.381 e. The normalized spacial score (nSPS) is 18.7. The highest BCUT2D eigenvalue weighted by Gasteiger charge is 2.09. The molecule has 74 valence electrons. The van der Waals surface area contributed by atoms with Crippen molar-refractivity contribution < 1.29 is 8.95 Å². The number of nitrogens with two attached hydrogens (primary N) is 1. The third-order valence-corrected chi connectivity index (χ3v) is 3.39. The highest BCUT2D eigenvalue weighted by Crippen LogP contribution is 1.96. The molecule has 2 N–H and O–H groups in total. The van der Waals surface area contributed by atoms with Crippen LogP contribution in [0.3, 0.4) is 0 Å². The fraction of sp³-hybridized carbons (Fsp3) is 1.00. The number of hydrogen-bond donors (Lipinski definition) is 1. The van der Waals surface area contributed by atoms with Gasteiger partial charge in [-0.2, -0.15) is 0 Å². The molecular formula is C8H19NO2S. The van der Waals surface area contributed by atoms with Crippen molar-refractivity contribution in [3.63, 3.8) is 0 Å². The monoisotopic (exact) mass is 193 g/mol. The summed E-state index contributed by atoms with van der Waals surface area (Å²) in [6.07, 6.45) is 0.947. The molecule has 0 amide bonds. The lowest BCUT2D eigenvalue weighted by Crippen LogP contribution is -2.29. The van der Waals surface area contributed by atoms with E-state index >= 15 is 0 Å². The maximum Gasteiger partial charge on any atom is 0.0658 e. The van der Waals surface area contributed by atoms with Crippen LogP contribution in [0.5, 0.6) is 0 Å². The number of hydrogen-bond acceptors (Lipinski definition) is 3. The fourth-order valence-electron chi connectivity index (χ4n) is 0.754. The van der Waals surface area contributed by atoms with Gasteiger partial charge in [0.15, 0.2) is 0 Å². The topological polar surface area (TPSA) is 52.3 Å². The Morgan fingerprint density at radius 1 is 1.50 bits per heavy atom. The maximum atomic E-state index is 11.3. The van der Waals surface area contributed by atoms with Crippen LogP contribution in [0.15, 0.2) is 0 Å². The molecule has 0 aromatic rings. The average Bonchev–Trinajstić information content (AvgIpc) is 2.03. The highest BCUT2D eigenvalue weighted by atomic mass is 32.2. The van der Waals surface area contributed by atoms with Gasteiger partial charge >= 0.3 is 0 Å². The van der Waals surface area contributed by atoms with Gasteiger partial charge in [-0.1, -0.05) is 6.92 Å². The minimum atomic E-state index is -0.830. The Bertz CT molecular complexity index is 127. The van der Waals surface area contributed by atoms with Crippen molar-refractivity contribution in [3.05, 3.63) is 0 Å². The molecule has 0 aromatic carbocycles. The van der Waals surface area contributed by atoms with Gasteiger partial charge in [-0.15, -0.1) is 0 Å². The van der Waals surface area contributed by atoms with Crippen molar-refractivity contribution in [1.29, 1.82) is 0 Å². The number of methoxy groups -OCH3 is 1. The van der Waals surface area contributed by atoms with Gasteiger partial charge in [0.2, 0.25) is 0 Å². The van der Waals surface area contributed by atoms with Gasteiger partial charge in [0.05, 0.1) is 6.10 Å². The summed E-state index contributed by atoms with van der Waals surface area (Å²) < 4.78 is 16.3. The molecule has 12 heavy (non-hydrogen) atoms. The van der Waals surface area contributed by atoms with Crippen LogP contribution in [0.25, 0.3) is 0 Å². The molecule has 0 heterocycles. The van der Waals surface area contributed by atoms with Crippen molar-refractivity contribution in [2.45, 2.75) is 32.4 Å². The Balaban J connectivity index is 3.59. The Hall–Kier alpha value is 0.0700. The van der Waals surface area contributed by atoms with Crippen molar-refractivity contribution in [1.82, 2.24) is 0 Å². The van der Waals surface area contributed by atoms with Crippen molar-refractivity contribution in [2.75, 3.05) is 18.6 Å². The molecule has 3 unspecified atom stereocenters. The molecule has 0 spiro atoms. The lowest BCUT2D eigenvalue weighted by Gasteiger charge is -2.11. The molecule has 3 nitrogen and oxygen atoms in total. The molecule has 0 fully saturated rings. The van der Waals surface area contributed by atoms with E-state index in [2.05, 4.69) is 0 Å². The molecule has 0 bridgehead atoms. The number of rotatable bonds is 6. The smallest absolute Gasteiger partial charge is 0.0658 e. The first kappa shape index (κ1) is 12.1. The van der Waals surface area contributed by atoms with Gasteiger partial charge < -0.3 is 10.5 Å². The van der Waals surface area contributed by atoms with Crippen molar-refractivity contribution in [3.8, 4) is 0 Å². The Kier molecular flexibility index (Phi) is 6.61. The first-order valence-electron chi connectivity index (χ1n) is 4.23. The van der Waals surface area contributed by atoms with Crippen LogP contribution in [0.2, 0.25) is 0 Å². The Morgan fingerprint density at radius 3 is 2.50 bits per heavy atom. The van der Waals surface area contributed by atoms with Crippen LogP contribution >= 0.6 is 0 Å². The zero-order valence-electron chi connectivity index (χ0n) is 8.08. The first-order chi connectivity index (χ1) is 5.60. The molecule has 0 saturated heterocycles. The average molecular weight is 193 g/mol. The summed E-state index contributed by atoms with van der Waals surface area (Å²) in [7, 11) is 0.797. The van der Waals surface area contributed by atoms with E-state index in [0.717, 1.165) is 6.42 Å². The molecule has 0 aliphatic heterocycles. The van der Waals surface area contributed by atoms with Gasteiger partial charge in [0.25, 0.3) is 0 Å². The summed E-state index contributed by atoms with van der Waals surface area (Å²) in [6, 6.07) is 0.0647. The van der Waals surface area contributed by atoms with Crippen LogP contribution in [-0.4, -0.2) is 35.0 Å². The van der Waals surface area contributed by atoms with Gasteiger partial charge in [-0.3, -0.25) is 4.21 Å². The van der Waals surface area contributed by atoms with Crippen LogP contribution in [0, 0.1) is 0 Å². The van der Waals surface area contributed by atoms with Crippen molar-refractivity contribution in [2.24, 2.45) is 5.73 Å². The Morgan fingerprint density at radius 2 is 2.08 bits per heavy atom. The van der Waals surface area contributed by atoms with E-state index in [1.807, 2.05) is 13.8 Å². The second kappa shape index (κ2) is 6.57. The third kappa shape index (κ3) is 5.69. The Labute approximate surface area is 77.1 Å². The predicted molar refractivity (Wildman–Crippen MR) is 52.6 cm³/mol. The highest BCUT2D eigenvalue weighted by molar-refractivity contribution is 7.85. The molecule has 0 saturated carbocycles. The molecular weight excluding hydrogens is 174 g/mol. The third-order valence-electron chi connectivity index (χ3n) is 1.75. The van der Waals surface area contributed by atoms with Gasteiger partial charge in [-0.25, -0.2) is 0 Å². The summed E-state index contributed by atoms with van der Waals surface area (Å²) in [6.45, 7) is 3.91. The summed E-state index contributed by atoms with van der Waals surface area (Å²) >= 11 is 0. The quantitative estimate of drug-likeness (QED) is 0.668. The standard InChI is InChI=1S/C8H19NO2S/c1-4-8(9)6-12(10)5-7(2)11-3/h7-8H,4-6,9H2,1-3H3. The van der Waals surface area contributed by atoms with E-state index in [9.17, 15) is 4.21 Å². The van der Waals surface area contributed by atoms with Crippen LogP contribution in [-0.2, 0) is 15.5 Å². The predicted octanol–water partition coefficient (Wildman–Crippen LogP) is 0.507. The molecule has 0 aliphatic carbocycles. The van der Waals surface area contributed by atoms with Crippen LogP contribution < -0.4 is 5.73 Å². The van der Waals surface area contributed by atoms with Crippen LogP contribution in [0.4, 0.5) is 0 Å². The molecule has 3 atom stereocenters. The lowest BCUT2D eigenvalue weighted by atomic mass is 10.3. The summed E-state index contributed by atoms with van der Waals surface area (Å²) in [4.78, 5) is 0. The molecule has 4 heteroatoms. The molecule has 0 rings (SSSR count). The summed E-state index contributed by atoms with van der Waals surface area (Å²) in [5.74, 6) is 1.18. The van der Waals surface area contributed by atoms with Gasteiger partial charge in [0.1, 0.15) is 0 Å². The lowest BCUT2D eigenvalue weighted by molar-refractivity contribution is 0.137. The fourth-order valence-corrected chi connectivity index (χ4v) is 2.26. The number of ether oxygens (including phenoxy) is 1. The van der Waals surface area contributed by atoms with Crippen molar-refractivity contribution >= 4 is 10.8 Å². The summed E-state index contributed by atoms with van der Waals surface area (Å²) in [5.41, 5.74) is 5.66. The molecule has 0 aromatic heterocycles. The largest absolute Gasteiger partial charge is 0.381 e. The van der Waals surface area contributed by atoms with E-state index in [-0.39, 0.29) is 12.1 Å². The molecule has 0 aliphatic rings. The van der Waals surface area contributed by atoms with E-state index < -0.39 is 10.8 Å². The van der Waals surface area contributed by atoms with Crippen LogP contribution in [0.1, 0.15) is 20.3 Å². The van der Waals surface area contributed by atoms with Gasteiger partial charge in [-0.05, 0) is 13.3 Å². The zero-order chi connectivity index (χ0) is 9.56. The second-order valence-corrected chi connectivity index (χ2v) is 4.53. The maximum absolute atomic E-state index is 11.3. The van der Waals surface area contributed by atoms with Gasteiger partial charge in [0, 0.05) is 35.5 Å². The minimum absolute atomic E-state index is 0.0647. The van der Waals surface area contributed by atoms with E-state index in [1.54, 1.807) is 7.11 Å². The van der Waals surface area contributed by atoms with E-state index in [0.29, 0.717) is 11.5 Å². The summed E-state index contributed by atoms with van der Waals surface area (Å²) in [5, 5.41) is 0. The SMILES string of the molecule is CCC(N)CS(=O)CC(C)OC. The first-order valence-corrected chi connectivity index (χ1v) is 5.72. The van der Waals surface area contributed by atoms with E-state index in [4.69, 9.17) is 10.5 Å².